The quantitative estimate of drug-likeness (QED) is 0.537. The van der Waals surface area contributed by atoms with E-state index in [-0.39, 0.29) is 11.7 Å². The fourth-order valence-corrected chi connectivity index (χ4v) is 2.98. The van der Waals surface area contributed by atoms with Gasteiger partial charge in [-0.1, -0.05) is 12.1 Å². The van der Waals surface area contributed by atoms with E-state index in [0.29, 0.717) is 23.7 Å². The molecule has 3 rings (SSSR count). The zero-order chi connectivity index (χ0) is 22.8. The maximum atomic E-state index is 12.7. The summed E-state index contributed by atoms with van der Waals surface area (Å²) in [6.45, 7) is 5.10. The first-order chi connectivity index (χ1) is 14.6. The number of carbonyl (C=O) groups excluding carboxylic acids is 1. The Morgan fingerprint density at radius 2 is 1.81 bits per heavy atom. The number of aromatic nitrogens is 2. The SMILES string of the molecule is Cc1cc(CNC(=O)c2cc(-c3ccc(O)cc3)nn2C)ccc1OC(C)(C)C(=O)O. The van der Waals surface area contributed by atoms with Crippen LogP contribution in [-0.4, -0.2) is 37.5 Å². The fraction of sp³-hybridized carbons (Fsp3) is 0.261. The van der Waals surface area contributed by atoms with Gasteiger partial charge in [-0.3, -0.25) is 9.48 Å². The van der Waals surface area contributed by atoms with Gasteiger partial charge in [0.1, 0.15) is 17.2 Å². The predicted molar refractivity (Wildman–Crippen MR) is 115 cm³/mol. The van der Waals surface area contributed by atoms with Gasteiger partial charge in [-0.25, -0.2) is 4.79 Å². The summed E-state index contributed by atoms with van der Waals surface area (Å²) in [4.78, 5) is 23.9. The number of aliphatic carboxylic acids is 1. The third kappa shape index (κ3) is 5.03. The van der Waals surface area contributed by atoms with Crippen molar-refractivity contribution >= 4 is 11.9 Å². The highest BCUT2D eigenvalue weighted by molar-refractivity contribution is 5.93. The van der Waals surface area contributed by atoms with Crippen molar-refractivity contribution in [3.05, 3.63) is 65.4 Å². The van der Waals surface area contributed by atoms with Crippen LogP contribution in [0.3, 0.4) is 0 Å². The second-order valence-corrected chi connectivity index (χ2v) is 7.79. The minimum Gasteiger partial charge on any atom is -0.508 e. The number of carboxylic acids is 1. The molecule has 0 aliphatic heterocycles. The van der Waals surface area contributed by atoms with Crippen LogP contribution in [0.5, 0.6) is 11.5 Å². The molecule has 1 amide bonds. The van der Waals surface area contributed by atoms with Crippen LogP contribution in [0.25, 0.3) is 11.3 Å². The Labute approximate surface area is 180 Å². The van der Waals surface area contributed by atoms with Gasteiger partial charge in [0.15, 0.2) is 5.60 Å². The number of amides is 1. The van der Waals surface area contributed by atoms with Crippen molar-refractivity contribution in [2.24, 2.45) is 7.05 Å². The third-order valence-corrected chi connectivity index (χ3v) is 4.85. The summed E-state index contributed by atoms with van der Waals surface area (Å²) in [5.74, 6) is -0.681. The smallest absolute Gasteiger partial charge is 0.347 e. The van der Waals surface area contributed by atoms with Gasteiger partial charge >= 0.3 is 5.97 Å². The lowest BCUT2D eigenvalue weighted by atomic mass is 10.1. The van der Waals surface area contributed by atoms with Crippen LogP contribution in [0.15, 0.2) is 48.5 Å². The number of benzene rings is 2. The molecule has 8 nitrogen and oxygen atoms in total. The summed E-state index contributed by atoms with van der Waals surface area (Å²) in [5, 5.41) is 25.9. The fourth-order valence-electron chi connectivity index (χ4n) is 2.98. The Kier molecular flexibility index (Phi) is 6.01. The molecule has 0 bridgehead atoms. The van der Waals surface area contributed by atoms with Gasteiger partial charge in [0.2, 0.25) is 0 Å². The minimum atomic E-state index is -1.34. The molecule has 0 atom stereocenters. The molecule has 0 saturated heterocycles. The molecule has 0 saturated carbocycles. The molecule has 1 aromatic heterocycles. The number of carbonyl (C=O) groups is 2. The molecule has 8 heteroatoms. The summed E-state index contributed by atoms with van der Waals surface area (Å²) >= 11 is 0. The lowest BCUT2D eigenvalue weighted by molar-refractivity contribution is -0.152. The van der Waals surface area contributed by atoms with E-state index in [0.717, 1.165) is 16.7 Å². The highest BCUT2D eigenvalue weighted by Crippen LogP contribution is 2.25. The highest BCUT2D eigenvalue weighted by Gasteiger charge is 2.29. The van der Waals surface area contributed by atoms with E-state index in [2.05, 4.69) is 10.4 Å². The number of nitrogens with one attached hydrogen (secondary N) is 1. The molecule has 3 N–H and O–H groups in total. The lowest BCUT2D eigenvalue weighted by Crippen LogP contribution is -2.38. The van der Waals surface area contributed by atoms with Crippen LogP contribution >= 0.6 is 0 Å². The van der Waals surface area contributed by atoms with E-state index in [9.17, 15) is 19.8 Å². The molecule has 0 aliphatic carbocycles. The molecule has 1 heterocycles. The number of phenolic OH excluding ortho intramolecular Hbond substituents is 1. The average Bonchev–Trinajstić information content (AvgIpc) is 3.10. The molecule has 3 aromatic rings. The third-order valence-electron chi connectivity index (χ3n) is 4.85. The number of rotatable bonds is 7. The standard InChI is InChI=1S/C23H25N3O5/c1-14-11-15(5-10-20(14)31-23(2,3)22(29)30)13-24-21(28)19-12-18(25-26(19)4)16-6-8-17(27)9-7-16/h5-12,27H,13H2,1-4H3,(H,24,28)(H,29,30). The van der Waals surface area contributed by atoms with E-state index in [1.54, 1.807) is 49.5 Å². The number of hydrogen-bond donors (Lipinski definition) is 3. The first-order valence-electron chi connectivity index (χ1n) is 9.70. The van der Waals surface area contributed by atoms with Gasteiger partial charge in [0.25, 0.3) is 5.91 Å². The van der Waals surface area contributed by atoms with Crippen molar-refractivity contribution in [1.82, 2.24) is 15.1 Å². The Hall–Kier alpha value is -3.81. The number of carboxylic acid groups (broad SMARTS) is 1. The molecule has 162 valence electrons. The van der Waals surface area contributed by atoms with Crippen LogP contribution in [0.2, 0.25) is 0 Å². The molecular weight excluding hydrogens is 398 g/mol. The highest BCUT2D eigenvalue weighted by atomic mass is 16.5. The van der Waals surface area contributed by atoms with Crippen molar-refractivity contribution < 1.29 is 24.5 Å². The second kappa shape index (κ2) is 8.51. The van der Waals surface area contributed by atoms with Crippen LogP contribution < -0.4 is 10.1 Å². The zero-order valence-corrected chi connectivity index (χ0v) is 17.8. The summed E-state index contributed by atoms with van der Waals surface area (Å²) in [5.41, 5.74) is 2.12. The van der Waals surface area contributed by atoms with E-state index < -0.39 is 11.6 Å². The molecule has 0 aliphatic rings. The molecule has 2 aromatic carbocycles. The van der Waals surface area contributed by atoms with Gasteiger partial charge in [-0.05, 0) is 68.3 Å². The van der Waals surface area contributed by atoms with E-state index >= 15 is 0 Å². The summed E-state index contributed by atoms with van der Waals surface area (Å²) in [6.07, 6.45) is 0. The van der Waals surface area contributed by atoms with Crippen molar-refractivity contribution in [1.29, 1.82) is 0 Å². The van der Waals surface area contributed by atoms with Crippen LogP contribution in [0.1, 0.15) is 35.5 Å². The Morgan fingerprint density at radius 1 is 1.13 bits per heavy atom. The average molecular weight is 423 g/mol. The Balaban J connectivity index is 1.68. The Bertz CT molecular complexity index is 1120. The van der Waals surface area contributed by atoms with Gasteiger partial charge in [-0.15, -0.1) is 0 Å². The van der Waals surface area contributed by atoms with E-state index in [1.165, 1.54) is 18.5 Å². The summed E-state index contributed by atoms with van der Waals surface area (Å²) in [7, 11) is 1.69. The number of aryl methyl sites for hydroxylation is 2. The molecule has 0 radical (unpaired) electrons. The van der Waals surface area contributed by atoms with E-state index in [1.807, 2.05) is 13.0 Å². The van der Waals surface area contributed by atoms with Gasteiger partial charge in [-0.2, -0.15) is 5.10 Å². The minimum absolute atomic E-state index is 0.163. The maximum absolute atomic E-state index is 12.7. The van der Waals surface area contributed by atoms with Crippen LogP contribution in [0.4, 0.5) is 0 Å². The molecule has 31 heavy (non-hydrogen) atoms. The lowest BCUT2D eigenvalue weighted by Gasteiger charge is -2.23. The number of hydrogen-bond acceptors (Lipinski definition) is 5. The number of ether oxygens (including phenoxy) is 1. The molecule has 0 spiro atoms. The van der Waals surface area contributed by atoms with Gasteiger partial charge < -0.3 is 20.3 Å². The molecule has 0 fully saturated rings. The number of phenols is 1. The largest absolute Gasteiger partial charge is 0.508 e. The van der Waals surface area contributed by atoms with E-state index in [4.69, 9.17) is 4.74 Å². The monoisotopic (exact) mass is 423 g/mol. The van der Waals surface area contributed by atoms with Gasteiger partial charge in [0.05, 0.1) is 5.69 Å². The first kappa shape index (κ1) is 21.9. The number of aromatic hydroxyl groups is 1. The summed E-state index contributed by atoms with van der Waals surface area (Å²) < 4.78 is 7.11. The second-order valence-electron chi connectivity index (χ2n) is 7.79. The van der Waals surface area contributed by atoms with Crippen molar-refractivity contribution in [2.75, 3.05) is 0 Å². The van der Waals surface area contributed by atoms with Crippen LogP contribution in [-0.2, 0) is 18.4 Å². The van der Waals surface area contributed by atoms with Gasteiger partial charge in [0, 0.05) is 19.2 Å². The number of nitrogens with zero attached hydrogens (tertiary/aromatic N) is 2. The normalized spacial score (nSPS) is 11.2. The van der Waals surface area contributed by atoms with Crippen LogP contribution in [0, 0.1) is 6.92 Å². The van der Waals surface area contributed by atoms with Crippen molar-refractivity contribution in [3.63, 3.8) is 0 Å². The Morgan fingerprint density at radius 3 is 2.42 bits per heavy atom. The predicted octanol–water partition coefficient (Wildman–Crippen LogP) is 3.27. The zero-order valence-electron chi connectivity index (χ0n) is 17.8. The summed E-state index contributed by atoms with van der Waals surface area (Å²) in [6, 6.07) is 13.6. The first-order valence-corrected chi connectivity index (χ1v) is 9.70. The molecule has 0 unspecified atom stereocenters. The molecular formula is C23H25N3O5. The topological polar surface area (TPSA) is 114 Å². The van der Waals surface area contributed by atoms with Crippen molar-refractivity contribution in [2.45, 2.75) is 32.9 Å². The maximum Gasteiger partial charge on any atom is 0.347 e. The van der Waals surface area contributed by atoms with Crippen molar-refractivity contribution in [3.8, 4) is 22.8 Å².